The fourth-order valence-electron chi connectivity index (χ4n) is 1.19. The number of nitro groups is 1. The average molecular weight is 223 g/mol. The van der Waals surface area contributed by atoms with Gasteiger partial charge in [-0.3, -0.25) is 10.1 Å². The van der Waals surface area contributed by atoms with Crippen LogP contribution in [0.15, 0.2) is 24.1 Å². The van der Waals surface area contributed by atoms with Gasteiger partial charge < -0.3 is 10.5 Å². The molecular weight excluding hydrogens is 210 g/mol. The zero-order valence-corrected chi connectivity index (χ0v) is 9.14. The summed E-state index contributed by atoms with van der Waals surface area (Å²) in [6.07, 6.45) is 3.77. The third-order valence-electron chi connectivity index (χ3n) is 2.01. The van der Waals surface area contributed by atoms with E-state index < -0.39 is 4.92 Å². The Morgan fingerprint density at radius 1 is 1.75 bits per heavy atom. The molecule has 0 aliphatic rings. The van der Waals surface area contributed by atoms with Gasteiger partial charge in [-0.1, -0.05) is 6.92 Å². The van der Waals surface area contributed by atoms with E-state index in [-0.39, 0.29) is 17.3 Å². The summed E-state index contributed by atoms with van der Waals surface area (Å²) < 4.78 is 5.39. The molecule has 0 saturated heterocycles. The highest BCUT2D eigenvalue weighted by Crippen LogP contribution is 2.32. The molecule has 0 radical (unpaired) electrons. The van der Waals surface area contributed by atoms with Crippen LogP contribution in [-0.4, -0.2) is 9.91 Å². The Morgan fingerprint density at radius 2 is 2.44 bits per heavy atom. The Balaban J connectivity index is 3.14. The molecule has 0 unspecified atom stereocenters. The minimum absolute atomic E-state index is 0.118. The maximum Gasteiger partial charge on any atom is 0.353 e. The van der Waals surface area contributed by atoms with Crippen molar-refractivity contribution in [2.75, 3.05) is 5.73 Å². The van der Waals surface area contributed by atoms with E-state index in [1.54, 1.807) is 13.0 Å². The van der Waals surface area contributed by atoms with Crippen LogP contribution in [0.3, 0.4) is 0 Å². The number of anilines is 1. The largest absolute Gasteiger partial charge is 0.455 e. The van der Waals surface area contributed by atoms with Crippen molar-refractivity contribution in [1.82, 2.24) is 4.98 Å². The molecule has 1 heterocycles. The number of nitrogens with zero attached hydrogens (tertiary/aromatic N) is 2. The molecule has 0 bridgehead atoms. The number of hydrogen-bond acceptors (Lipinski definition) is 5. The molecule has 0 aliphatic heterocycles. The summed E-state index contributed by atoms with van der Waals surface area (Å²) >= 11 is 0. The molecule has 6 nitrogen and oxygen atoms in total. The van der Waals surface area contributed by atoms with Crippen molar-refractivity contribution in [2.45, 2.75) is 20.3 Å². The molecule has 16 heavy (non-hydrogen) atoms. The van der Waals surface area contributed by atoms with Crippen molar-refractivity contribution in [3.63, 3.8) is 0 Å². The highest BCUT2D eigenvalue weighted by atomic mass is 16.6. The van der Waals surface area contributed by atoms with E-state index in [0.717, 1.165) is 0 Å². The Morgan fingerprint density at radius 3 is 2.94 bits per heavy atom. The lowest BCUT2D eigenvalue weighted by Crippen LogP contribution is -2.02. The van der Waals surface area contributed by atoms with Crippen LogP contribution in [0, 0.1) is 10.1 Å². The highest BCUT2D eigenvalue weighted by Gasteiger charge is 2.21. The second kappa shape index (κ2) is 5.11. The number of allylic oxidation sites excluding steroid dienone is 2. The summed E-state index contributed by atoms with van der Waals surface area (Å²) in [6.45, 7) is 3.70. The zero-order valence-electron chi connectivity index (χ0n) is 9.14. The molecular formula is C10H13N3O3. The number of pyridine rings is 1. The SMILES string of the molecule is C/C=C(\CC)Oc1ccnc(N)c1[N+](=O)[O-]. The number of aromatic nitrogens is 1. The molecule has 1 aromatic rings. The summed E-state index contributed by atoms with van der Waals surface area (Å²) in [6, 6.07) is 1.42. The lowest BCUT2D eigenvalue weighted by Gasteiger charge is -2.08. The molecule has 2 N–H and O–H groups in total. The average Bonchev–Trinajstić information content (AvgIpc) is 2.25. The van der Waals surface area contributed by atoms with Gasteiger partial charge in [0.25, 0.3) is 0 Å². The molecule has 1 rings (SSSR count). The van der Waals surface area contributed by atoms with E-state index in [0.29, 0.717) is 12.2 Å². The predicted octanol–water partition coefficient (Wildman–Crippen LogP) is 2.26. The summed E-state index contributed by atoms with van der Waals surface area (Å²) in [7, 11) is 0. The molecule has 0 aliphatic carbocycles. The Kier molecular flexibility index (Phi) is 3.82. The van der Waals surface area contributed by atoms with Gasteiger partial charge in [0, 0.05) is 18.7 Å². The molecule has 0 amide bonds. The normalized spacial score (nSPS) is 11.2. The van der Waals surface area contributed by atoms with Gasteiger partial charge in [0.15, 0.2) is 0 Å². The number of hydrogen-bond donors (Lipinski definition) is 1. The summed E-state index contributed by atoms with van der Waals surface area (Å²) in [5.74, 6) is 0.621. The molecule has 0 aromatic carbocycles. The fourth-order valence-corrected chi connectivity index (χ4v) is 1.19. The third kappa shape index (κ3) is 2.47. The van der Waals surface area contributed by atoms with E-state index in [1.807, 2.05) is 6.92 Å². The monoisotopic (exact) mass is 223 g/mol. The zero-order chi connectivity index (χ0) is 12.1. The van der Waals surface area contributed by atoms with E-state index >= 15 is 0 Å². The topological polar surface area (TPSA) is 91.3 Å². The molecule has 6 heteroatoms. The van der Waals surface area contributed by atoms with Gasteiger partial charge in [0.2, 0.25) is 11.6 Å². The first kappa shape index (κ1) is 12.0. The first-order valence-corrected chi connectivity index (χ1v) is 4.82. The van der Waals surface area contributed by atoms with Crippen LogP contribution in [-0.2, 0) is 0 Å². The highest BCUT2D eigenvalue weighted by molar-refractivity contribution is 5.61. The quantitative estimate of drug-likeness (QED) is 0.480. The molecule has 86 valence electrons. The number of nitrogens with two attached hydrogens (primary N) is 1. The molecule has 1 aromatic heterocycles. The minimum atomic E-state index is -0.597. The van der Waals surface area contributed by atoms with Gasteiger partial charge in [-0.05, 0) is 13.0 Å². The Hall–Kier alpha value is -2.11. The van der Waals surface area contributed by atoms with Gasteiger partial charge in [-0.25, -0.2) is 4.98 Å². The molecule has 0 spiro atoms. The maximum atomic E-state index is 10.8. The summed E-state index contributed by atoms with van der Waals surface area (Å²) in [5, 5.41) is 10.8. The van der Waals surface area contributed by atoms with Crippen LogP contribution in [0.4, 0.5) is 11.5 Å². The lowest BCUT2D eigenvalue weighted by molar-refractivity contribution is -0.385. The predicted molar refractivity (Wildman–Crippen MR) is 60.0 cm³/mol. The first-order valence-electron chi connectivity index (χ1n) is 4.82. The second-order valence-electron chi connectivity index (χ2n) is 3.01. The molecule has 0 saturated carbocycles. The molecule has 0 atom stereocenters. The third-order valence-corrected chi connectivity index (χ3v) is 2.01. The number of rotatable bonds is 4. The van der Waals surface area contributed by atoms with Crippen molar-refractivity contribution < 1.29 is 9.66 Å². The van der Waals surface area contributed by atoms with Crippen LogP contribution < -0.4 is 10.5 Å². The first-order chi connectivity index (χ1) is 7.60. The summed E-state index contributed by atoms with van der Waals surface area (Å²) in [5.41, 5.74) is 5.13. The fraction of sp³-hybridized carbons (Fsp3) is 0.300. The van der Waals surface area contributed by atoms with E-state index in [9.17, 15) is 10.1 Å². The standard InChI is InChI=1S/C10H13N3O3/c1-3-7(4-2)16-8-5-6-12-10(11)9(8)13(14)15/h3,5-6H,4H2,1-2H3,(H2,11,12)/b7-3+. The Bertz CT molecular complexity index is 429. The Labute approximate surface area is 92.9 Å². The number of nitrogen functional groups attached to an aromatic ring is 1. The van der Waals surface area contributed by atoms with E-state index in [2.05, 4.69) is 4.98 Å². The van der Waals surface area contributed by atoms with Crippen LogP contribution in [0.2, 0.25) is 0 Å². The van der Waals surface area contributed by atoms with Crippen LogP contribution in [0.5, 0.6) is 5.75 Å². The van der Waals surface area contributed by atoms with Crippen molar-refractivity contribution in [3.05, 3.63) is 34.2 Å². The minimum Gasteiger partial charge on any atom is -0.455 e. The van der Waals surface area contributed by atoms with Crippen LogP contribution >= 0.6 is 0 Å². The smallest absolute Gasteiger partial charge is 0.353 e. The van der Waals surface area contributed by atoms with Crippen molar-refractivity contribution >= 4 is 11.5 Å². The van der Waals surface area contributed by atoms with Gasteiger partial charge >= 0.3 is 5.69 Å². The van der Waals surface area contributed by atoms with E-state index in [4.69, 9.17) is 10.5 Å². The van der Waals surface area contributed by atoms with Gasteiger partial charge in [-0.2, -0.15) is 0 Å². The molecule has 0 fully saturated rings. The lowest BCUT2D eigenvalue weighted by atomic mass is 10.3. The summed E-state index contributed by atoms with van der Waals surface area (Å²) in [4.78, 5) is 13.8. The maximum absolute atomic E-state index is 10.8. The van der Waals surface area contributed by atoms with Crippen molar-refractivity contribution in [1.29, 1.82) is 0 Å². The number of ether oxygens (including phenoxy) is 1. The van der Waals surface area contributed by atoms with Crippen molar-refractivity contribution in [2.24, 2.45) is 0 Å². The van der Waals surface area contributed by atoms with Gasteiger partial charge in [0.1, 0.15) is 0 Å². The van der Waals surface area contributed by atoms with Gasteiger partial charge in [-0.15, -0.1) is 0 Å². The second-order valence-corrected chi connectivity index (χ2v) is 3.01. The van der Waals surface area contributed by atoms with Crippen LogP contribution in [0.1, 0.15) is 20.3 Å². The van der Waals surface area contributed by atoms with Gasteiger partial charge in [0.05, 0.1) is 10.7 Å². The van der Waals surface area contributed by atoms with Crippen LogP contribution in [0.25, 0.3) is 0 Å². The van der Waals surface area contributed by atoms with E-state index in [1.165, 1.54) is 12.3 Å². The van der Waals surface area contributed by atoms with Crippen molar-refractivity contribution in [3.8, 4) is 5.75 Å².